The summed E-state index contributed by atoms with van der Waals surface area (Å²) in [6.45, 7) is 10.4. The standard InChI is InChI=1S/C19H33N3O3/c1-5-20-19(21-11-6-12-24-14-13-23-4)22-15-17(3)25-18-9-7-16(2)8-10-18/h7-10,17H,5-6,11-15H2,1-4H3,(H2,20,21,22). The van der Waals surface area contributed by atoms with E-state index in [9.17, 15) is 0 Å². The Bertz CT molecular complexity index is 477. The van der Waals surface area contributed by atoms with Crippen LogP contribution in [0, 0.1) is 6.92 Å². The highest BCUT2D eigenvalue weighted by Crippen LogP contribution is 2.13. The van der Waals surface area contributed by atoms with Crippen molar-refractivity contribution in [1.82, 2.24) is 10.6 Å². The predicted octanol–water partition coefficient (Wildman–Crippen LogP) is 2.37. The predicted molar refractivity (Wildman–Crippen MR) is 103 cm³/mol. The molecule has 25 heavy (non-hydrogen) atoms. The van der Waals surface area contributed by atoms with Crippen molar-refractivity contribution in [2.75, 3.05) is 46.6 Å². The molecule has 2 N–H and O–H groups in total. The summed E-state index contributed by atoms with van der Waals surface area (Å²) in [4.78, 5) is 4.58. The quantitative estimate of drug-likeness (QED) is 0.344. The summed E-state index contributed by atoms with van der Waals surface area (Å²) in [5, 5.41) is 6.55. The van der Waals surface area contributed by atoms with E-state index >= 15 is 0 Å². The summed E-state index contributed by atoms with van der Waals surface area (Å²) < 4.78 is 16.3. The lowest BCUT2D eigenvalue weighted by Crippen LogP contribution is -2.38. The van der Waals surface area contributed by atoms with Crippen molar-refractivity contribution >= 4 is 5.96 Å². The monoisotopic (exact) mass is 351 g/mol. The van der Waals surface area contributed by atoms with E-state index in [1.165, 1.54) is 5.56 Å². The zero-order valence-corrected chi connectivity index (χ0v) is 16.0. The number of ether oxygens (including phenoxy) is 3. The second-order valence-electron chi connectivity index (χ2n) is 5.85. The van der Waals surface area contributed by atoms with E-state index in [1.54, 1.807) is 7.11 Å². The number of hydrogen-bond donors (Lipinski definition) is 2. The van der Waals surface area contributed by atoms with Gasteiger partial charge in [-0.25, -0.2) is 4.99 Å². The largest absolute Gasteiger partial charge is 0.489 e. The van der Waals surface area contributed by atoms with E-state index in [2.05, 4.69) is 29.5 Å². The van der Waals surface area contributed by atoms with E-state index in [4.69, 9.17) is 14.2 Å². The van der Waals surface area contributed by atoms with Crippen LogP contribution in [0.4, 0.5) is 0 Å². The van der Waals surface area contributed by atoms with Gasteiger partial charge in [0, 0.05) is 26.8 Å². The maximum atomic E-state index is 5.88. The molecule has 6 nitrogen and oxygen atoms in total. The second kappa shape index (κ2) is 13.5. The van der Waals surface area contributed by atoms with Crippen LogP contribution in [0.25, 0.3) is 0 Å². The van der Waals surface area contributed by atoms with Crippen LogP contribution in [-0.4, -0.2) is 58.6 Å². The molecule has 1 atom stereocenters. The molecule has 0 fully saturated rings. The number of rotatable bonds is 12. The summed E-state index contributed by atoms with van der Waals surface area (Å²) in [6.07, 6.45) is 0.930. The minimum Gasteiger partial charge on any atom is -0.489 e. The third-order valence-corrected chi connectivity index (χ3v) is 3.40. The van der Waals surface area contributed by atoms with E-state index < -0.39 is 0 Å². The highest BCUT2D eigenvalue weighted by Gasteiger charge is 2.04. The van der Waals surface area contributed by atoms with Gasteiger partial charge in [-0.05, 0) is 39.3 Å². The first kappa shape index (κ1) is 21.3. The van der Waals surface area contributed by atoms with Crippen LogP contribution in [0.5, 0.6) is 5.75 Å². The average molecular weight is 351 g/mol. The molecule has 0 aliphatic rings. The second-order valence-corrected chi connectivity index (χ2v) is 5.85. The number of aryl methyl sites for hydroxylation is 1. The van der Waals surface area contributed by atoms with Gasteiger partial charge < -0.3 is 24.8 Å². The topological polar surface area (TPSA) is 64.1 Å². The Hall–Kier alpha value is -1.79. The Morgan fingerprint density at radius 1 is 1.12 bits per heavy atom. The van der Waals surface area contributed by atoms with E-state index in [1.807, 2.05) is 31.2 Å². The lowest BCUT2D eigenvalue weighted by Gasteiger charge is -2.15. The highest BCUT2D eigenvalue weighted by atomic mass is 16.5. The maximum Gasteiger partial charge on any atom is 0.191 e. The van der Waals surface area contributed by atoms with Crippen LogP contribution in [0.3, 0.4) is 0 Å². The van der Waals surface area contributed by atoms with Gasteiger partial charge in [-0.2, -0.15) is 0 Å². The summed E-state index contributed by atoms with van der Waals surface area (Å²) in [7, 11) is 1.67. The summed E-state index contributed by atoms with van der Waals surface area (Å²) in [5.74, 6) is 1.68. The van der Waals surface area contributed by atoms with Gasteiger partial charge in [-0.3, -0.25) is 0 Å². The molecule has 0 heterocycles. The molecular formula is C19H33N3O3. The molecule has 0 amide bonds. The molecule has 0 radical (unpaired) electrons. The minimum absolute atomic E-state index is 0.00976. The molecule has 6 heteroatoms. The molecule has 1 unspecified atom stereocenters. The van der Waals surface area contributed by atoms with Crippen molar-refractivity contribution in [3.8, 4) is 5.75 Å². The maximum absolute atomic E-state index is 5.88. The van der Waals surface area contributed by atoms with E-state index in [-0.39, 0.29) is 6.10 Å². The van der Waals surface area contributed by atoms with Gasteiger partial charge in [0.2, 0.25) is 0 Å². The molecule has 0 aromatic heterocycles. The third-order valence-electron chi connectivity index (χ3n) is 3.40. The molecule has 0 bridgehead atoms. The van der Waals surface area contributed by atoms with Gasteiger partial charge >= 0.3 is 0 Å². The molecule has 0 aliphatic heterocycles. The van der Waals surface area contributed by atoms with Gasteiger partial charge in [-0.1, -0.05) is 17.7 Å². The summed E-state index contributed by atoms with van der Waals surface area (Å²) in [5.41, 5.74) is 1.22. The van der Waals surface area contributed by atoms with Crippen LogP contribution >= 0.6 is 0 Å². The number of hydrogen-bond acceptors (Lipinski definition) is 4. The first-order valence-electron chi connectivity index (χ1n) is 8.98. The Kier molecular flexibility index (Phi) is 11.5. The van der Waals surface area contributed by atoms with Crippen molar-refractivity contribution in [3.63, 3.8) is 0 Å². The van der Waals surface area contributed by atoms with Crippen LogP contribution in [-0.2, 0) is 9.47 Å². The van der Waals surface area contributed by atoms with E-state index in [0.717, 1.165) is 31.2 Å². The highest BCUT2D eigenvalue weighted by molar-refractivity contribution is 5.79. The number of benzene rings is 1. The smallest absolute Gasteiger partial charge is 0.191 e. The van der Waals surface area contributed by atoms with Gasteiger partial charge in [-0.15, -0.1) is 0 Å². The number of nitrogens with zero attached hydrogens (tertiary/aromatic N) is 1. The van der Waals surface area contributed by atoms with E-state index in [0.29, 0.717) is 26.4 Å². The lowest BCUT2D eigenvalue weighted by molar-refractivity contribution is 0.0698. The zero-order chi connectivity index (χ0) is 18.3. The number of methoxy groups -OCH3 is 1. The number of aliphatic imine (C=N–C) groups is 1. The molecule has 0 aliphatic carbocycles. The van der Waals surface area contributed by atoms with Gasteiger partial charge in [0.15, 0.2) is 5.96 Å². The van der Waals surface area contributed by atoms with Crippen LogP contribution in [0.2, 0.25) is 0 Å². The minimum atomic E-state index is 0.00976. The Morgan fingerprint density at radius 2 is 1.88 bits per heavy atom. The fourth-order valence-corrected chi connectivity index (χ4v) is 2.07. The van der Waals surface area contributed by atoms with Crippen molar-refractivity contribution < 1.29 is 14.2 Å². The average Bonchev–Trinajstić information content (AvgIpc) is 2.60. The normalized spacial score (nSPS) is 12.7. The molecule has 0 saturated heterocycles. The molecular weight excluding hydrogens is 318 g/mol. The summed E-state index contributed by atoms with van der Waals surface area (Å²) in [6, 6.07) is 8.07. The molecule has 1 rings (SSSR count). The van der Waals surface area contributed by atoms with Gasteiger partial charge in [0.25, 0.3) is 0 Å². The zero-order valence-electron chi connectivity index (χ0n) is 16.0. The Morgan fingerprint density at radius 3 is 2.56 bits per heavy atom. The lowest BCUT2D eigenvalue weighted by atomic mass is 10.2. The number of guanidine groups is 1. The Labute approximate surface area is 152 Å². The first-order chi connectivity index (χ1) is 12.2. The SMILES string of the molecule is CCNC(=NCC(C)Oc1ccc(C)cc1)NCCCOCCOC. The van der Waals surface area contributed by atoms with Crippen LogP contribution in [0.1, 0.15) is 25.8 Å². The van der Waals surface area contributed by atoms with Crippen molar-refractivity contribution in [2.24, 2.45) is 4.99 Å². The van der Waals surface area contributed by atoms with Crippen LogP contribution in [0.15, 0.2) is 29.3 Å². The van der Waals surface area contributed by atoms with Gasteiger partial charge in [0.1, 0.15) is 11.9 Å². The van der Waals surface area contributed by atoms with Crippen molar-refractivity contribution in [3.05, 3.63) is 29.8 Å². The molecule has 142 valence electrons. The third kappa shape index (κ3) is 10.6. The van der Waals surface area contributed by atoms with Crippen molar-refractivity contribution in [1.29, 1.82) is 0 Å². The fourth-order valence-electron chi connectivity index (χ4n) is 2.07. The number of nitrogens with one attached hydrogen (secondary N) is 2. The molecule has 0 spiro atoms. The molecule has 1 aromatic rings. The Balaban J connectivity index is 2.29. The fraction of sp³-hybridized carbons (Fsp3) is 0.632. The molecule has 1 aromatic carbocycles. The molecule has 0 saturated carbocycles. The van der Waals surface area contributed by atoms with Crippen molar-refractivity contribution in [2.45, 2.75) is 33.3 Å². The van der Waals surface area contributed by atoms with Crippen LogP contribution < -0.4 is 15.4 Å². The summed E-state index contributed by atoms with van der Waals surface area (Å²) >= 11 is 0. The van der Waals surface area contributed by atoms with Gasteiger partial charge in [0.05, 0.1) is 19.8 Å². The first-order valence-corrected chi connectivity index (χ1v) is 8.98.